The minimum atomic E-state index is 0.267. The lowest BCUT2D eigenvalue weighted by atomic mass is 9.97. The topological polar surface area (TPSA) is 61.7 Å². The highest BCUT2D eigenvalue weighted by molar-refractivity contribution is 5.50. The number of piperidine rings is 2. The first-order chi connectivity index (χ1) is 13.3. The third-order valence-corrected chi connectivity index (χ3v) is 6.44. The molecule has 0 bridgehead atoms. The highest BCUT2D eigenvalue weighted by atomic mass is 16.5. The van der Waals surface area contributed by atoms with E-state index in [1.165, 1.54) is 32.1 Å². The number of rotatable bonds is 5. The van der Waals surface area contributed by atoms with Crippen molar-refractivity contribution >= 4 is 11.6 Å². The van der Waals surface area contributed by atoms with Crippen LogP contribution >= 0.6 is 0 Å². The average molecular weight is 375 g/mol. The number of anilines is 2. The number of aliphatic hydroxyl groups excluding tert-OH is 1. The molecule has 1 atom stereocenters. The van der Waals surface area contributed by atoms with Gasteiger partial charge in [0, 0.05) is 38.9 Å². The van der Waals surface area contributed by atoms with Gasteiger partial charge in [-0.15, -0.1) is 0 Å². The van der Waals surface area contributed by atoms with Gasteiger partial charge in [-0.2, -0.15) is 0 Å². The van der Waals surface area contributed by atoms with Crippen molar-refractivity contribution in [1.82, 2.24) is 9.97 Å². The van der Waals surface area contributed by atoms with Crippen LogP contribution in [0.5, 0.6) is 0 Å². The van der Waals surface area contributed by atoms with Gasteiger partial charge < -0.3 is 19.6 Å². The molecule has 1 aromatic heterocycles. The van der Waals surface area contributed by atoms with E-state index in [1.54, 1.807) is 6.33 Å². The van der Waals surface area contributed by atoms with E-state index < -0.39 is 0 Å². The molecule has 3 fully saturated rings. The Bertz CT molecular complexity index is 585. The van der Waals surface area contributed by atoms with E-state index in [0.29, 0.717) is 18.1 Å². The summed E-state index contributed by atoms with van der Waals surface area (Å²) in [7, 11) is 0. The predicted molar refractivity (Wildman–Crippen MR) is 107 cm³/mol. The fraction of sp³-hybridized carbons (Fsp3) is 0.810. The Labute approximate surface area is 162 Å². The fourth-order valence-corrected chi connectivity index (χ4v) is 4.80. The van der Waals surface area contributed by atoms with Gasteiger partial charge in [-0.25, -0.2) is 9.97 Å². The monoisotopic (exact) mass is 374 g/mol. The lowest BCUT2D eigenvalue weighted by Crippen LogP contribution is -2.40. The number of hydrogen-bond donors (Lipinski definition) is 1. The Hall–Kier alpha value is -1.40. The second-order valence-corrected chi connectivity index (χ2v) is 8.45. The summed E-state index contributed by atoms with van der Waals surface area (Å²) >= 11 is 0. The summed E-state index contributed by atoms with van der Waals surface area (Å²) in [4.78, 5) is 13.7. The van der Waals surface area contributed by atoms with Crippen molar-refractivity contribution < 1.29 is 9.84 Å². The molecule has 1 N–H and O–H groups in total. The van der Waals surface area contributed by atoms with E-state index in [2.05, 4.69) is 25.8 Å². The minimum Gasteiger partial charge on any atom is -0.396 e. The summed E-state index contributed by atoms with van der Waals surface area (Å²) in [6.07, 6.45) is 13.6. The molecule has 27 heavy (non-hydrogen) atoms. The Balaban J connectivity index is 1.31. The van der Waals surface area contributed by atoms with E-state index in [9.17, 15) is 5.11 Å². The van der Waals surface area contributed by atoms with Crippen LogP contribution in [0.15, 0.2) is 12.4 Å². The van der Waals surface area contributed by atoms with Crippen LogP contribution in [0.2, 0.25) is 0 Å². The summed E-state index contributed by atoms with van der Waals surface area (Å²) in [6.45, 7) is 4.19. The number of hydrogen-bond acceptors (Lipinski definition) is 6. The van der Waals surface area contributed by atoms with Crippen molar-refractivity contribution in [2.24, 2.45) is 5.92 Å². The second kappa shape index (κ2) is 9.20. The van der Waals surface area contributed by atoms with Gasteiger partial charge in [0.15, 0.2) is 0 Å². The highest BCUT2D eigenvalue weighted by Gasteiger charge is 2.26. The second-order valence-electron chi connectivity index (χ2n) is 8.45. The maximum Gasteiger partial charge on any atom is 0.134 e. The number of nitrogens with zero attached hydrogens (tertiary/aromatic N) is 4. The van der Waals surface area contributed by atoms with Gasteiger partial charge in [0.2, 0.25) is 0 Å². The van der Waals surface area contributed by atoms with Gasteiger partial charge in [0.05, 0.1) is 12.2 Å². The third-order valence-electron chi connectivity index (χ3n) is 6.44. The van der Waals surface area contributed by atoms with Crippen molar-refractivity contribution in [3.8, 4) is 0 Å². The normalized spacial score (nSPS) is 25.7. The largest absolute Gasteiger partial charge is 0.396 e. The lowest BCUT2D eigenvalue weighted by molar-refractivity contribution is -0.0395. The van der Waals surface area contributed by atoms with Crippen LogP contribution in [0.3, 0.4) is 0 Å². The van der Waals surface area contributed by atoms with Crippen molar-refractivity contribution in [2.45, 2.75) is 70.0 Å². The smallest absolute Gasteiger partial charge is 0.134 e. The predicted octanol–water partition coefficient (Wildman–Crippen LogP) is 3.00. The first kappa shape index (κ1) is 18.9. The summed E-state index contributed by atoms with van der Waals surface area (Å²) in [5, 5.41) is 9.48. The molecular formula is C21H34N4O2. The van der Waals surface area contributed by atoms with E-state index in [-0.39, 0.29) is 6.61 Å². The van der Waals surface area contributed by atoms with E-state index in [0.717, 1.165) is 63.5 Å². The van der Waals surface area contributed by atoms with Crippen LogP contribution in [0, 0.1) is 5.92 Å². The Morgan fingerprint density at radius 2 is 1.56 bits per heavy atom. The van der Waals surface area contributed by atoms with Crippen LogP contribution < -0.4 is 9.80 Å². The van der Waals surface area contributed by atoms with Crippen LogP contribution in [-0.4, -0.2) is 60.1 Å². The summed E-state index contributed by atoms with van der Waals surface area (Å²) in [5.74, 6) is 2.39. The molecule has 6 heteroatoms. The summed E-state index contributed by atoms with van der Waals surface area (Å²) in [5.41, 5.74) is 0. The molecule has 0 spiro atoms. The molecule has 0 radical (unpaired) electrons. The van der Waals surface area contributed by atoms with Crippen molar-refractivity contribution in [1.29, 1.82) is 0 Å². The van der Waals surface area contributed by atoms with Gasteiger partial charge in [-0.1, -0.05) is 19.3 Å². The van der Waals surface area contributed by atoms with E-state index in [1.807, 2.05) is 0 Å². The number of ether oxygens (including phenoxy) is 1. The third kappa shape index (κ3) is 4.91. The molecule has 2 aliphatic heterocycles. The van der Waals surface area contributed by atoms with Gasteiger partial charge in [-0.05, 0) is 44.4 Å². The molecule has 6 nitrogen and oxygen atoms in total. The lowest BCUT2D eigenvalue weighted by Gasteiger charge is -2.36. The zero-order valence-corrected chi connectivity index (χ0v) is 16.4. The molecule has 3 aliphatic rings. The van der Waals surface area contributed by atoms with Crippen molar-refractivity contribution in [3.63, 3.8) is 0 Å². The van der Waals surface area contributed by atoms with E-state index in [4.69, 9.17) is 4.74 Å². The van der Waals surface area contributed by atoms with Crippen LogP contribution in [0.25, 0.3) is 0 Å². The zero-order valence-electron chi connectivity index (χ0n) is 16.4. The summed E-state index contributed by atoms with van der Waals surface area (Å²) in [6, 6.07) is 2.13. The highest BCUT2D eigenvalue weighted by Crippen LogP contribution is 2.28. The molecule has 2 saturated heterocycles. The van der Waals surface area contributed by atoms with E-state index >= 15 is 0 Å². The van der Waals surface area contributed by atoms with Crippen molar-refractivity contribution in [3.05, 3.63) is 12.4 Å². The molecule has 1 aromatic rings. The molecule has 0 aromatic carbocycles. The minimum absolute atomic E-state index is 0.267. The first-order valence-corrected chi connectivity index (χ1v) is 10.9. The van der Waals surface area contributed by atoms with Crippen LogP contribution in [0.4, 0.5) is 11.6 Å². The molecular weight excluding hydrogens is 340 g/mol. The SMILES string of the molecule is OCC1CCCN(c2cc(N3CCC(OC4CCCCC4)CC3)ncn2)C1. The van der Waals surface area contributed by atoms with Gasteiger partial charge in [0.1, 0.15) is 18.0 Å². The zero-order chi connectivity index (χ0) is 18.5. The van der Waals surface area contributed by atoms with Gasteiger partial charge >= 0.3 is 0 Å². The average Bonchev–Trinajstić information content (AvgIpc) is 2.75. The van der Waals surface area contributed by atoms with Crippen LogP contribution in [-0.2, 0) is 4.74 Å². The number of aromatic nitrogens is 2. The molecule has 3 heterocycles. The Morgan fingerprint density at radius 3 is 2.30 bits per heavy atom. The van der Waals surface area contributed by atoms with Gasteiger partial charge in [-0.3, -0.25) is 0 Å². The number of aliphatic hydroxyl groups is 1. The molecule has 150 valence electrons. The summed E-state index contributed by atoms with van der Waals surface area (Å²) < 4.78 is 6.37. The standard InChI is InChI=1S/C21H34N4O2/c26-15-17-5-4-10-25(14-17)21-13-20(22-16-23-21)24-11-8-19(9-12-24)27-18-6-2-1-3-7-18/h13,16-19,26H,1-12,14-15H2. The Morgan fingerprint density at radius 1 is 0.852 bits per heavy atom. The Kier molecular flexibility index (Phi) is 6.45. The molecule has 1 unspecified atom stereocenters. The maximum atomic E-state index is 9.48. The van der Waals surface area contributed by atoms with Gasteiger partial charge in [0.25, 0.3) is 0 Å². The van der Waals surface area contributed by atoms with Crippen LogP contribution in [0.1, 0.15) is 57.8 Å². The maximum absolute atomic E-state index is 9.48. The quantitative estimate of drug-likeness (QED) is 0.855. The first-order valence-electron chi connectivity index (χ1n) is 10.9. The molecule has 4 rings (SSSR count). The molecule has 0 amide bonds. The fourth-order valence-electron chi connectivity index (χ4n) is 4.80. The molecule has 1 aliphatic carbocycles. The van der Waals surface area contributed by atoms with Crippen molar-refractivity contribution in [2.75, 3.05) is 42.6 Å². The molecule has 1 saturated carbocycles.